The van der Waals surface area contributed by atoms with Crippen LogP contribution >= 0.6 is 0 Å². The molecule has 128 valence electrons. The Hall–Kier alpha value is -1.43. The number of nitrogens with zero attached hydrogens (tertiary/aromatic N) is 1. The molecule has 0 aromatic heterocycles. The molecule has 3 saturated heterocycles. The Balaban J connectivity index is 1.41. The number of likely N-dealkylation sites (tertiary alicyclic amines) is 1. The maximum Gasteiger partial charge on any atom is 0.307 e. The number of amides is 2. The first-order chi connectivity index (χ1) is 11.1. The van der Waals surface area contributed by atoms with Crippen molar-refractivity contribution in [3.63, 3.8) is 0 Å². The van der Waals surface area contributed by atoms with Crippen molar-refractivity contribution in [2.24, 2.45) is 5.92 Å². The van der Waals surface area contributed by atoms with E-state index in [1.165, 1.54) is 43.7 Å². The van der Waals surface area contributed by atoms with Crippen LogP contribution in [0.5, 0.6) is 0 Å². The fraction of sp³-hybridized carbons (Fsp3) is 0.824. The largest absolute Gasteiger partial charge is 0.465 e. The smallest absolute Gasteiger partial charge is 0.307 e. The topological polar surface area (TPSA) is 68.1 Å². The summed E-state index contributed by atoms with van der Waals surface area (Å²) in [7, 11) is 0. The van der Waals surface area contributed by atoms with Gasteiger partial charge in [-0.1, -0.05) is 0 Å². The van der Waals surface area contributed by atoms with Gasteiger partial charge in [0.05, 0.1) is 32.2 Å². The molecular formula is C17H27N2O4+. The molecule has 2 amide bonds. The van der Waals surface area contributed by atoms with Gasteiger partial charge in [0.15, 0.2) is 0 Å². The second-order valence-corrected chi connectivity index (χ2v) is 7.03. The summed E-state index contributed by atoms with van der Waals surface area (Å²) in [5, 5.41) is 0. The lowest BCUT2D eigenvalue weighted by Gasteiger charge is -2.41. The van der Waals surface area contributed by atoms with Crippen LogP contribution in [0, 0.1) is 5.92 Å². The molecular weight excluding hydrogens is 296 g/mol. The van der Waals surface area contributed by atoms with Crippen LogP contribution in [0.1, 0.15) is 51.4 Å². The lowest BCUT2D eigenvalue weighted by molar-refractivity contribution is -0.940. The first-order valence-electron chi connectivity index (χ1n) is 8.98. The van der Waals surface area contributed by atoms with Crippen LogP contribution in [0.2, 0.25) is 0 Å². The van der Waals surface area contributed by atoms with Gasteiger partial charge in [-0.25, -0.2) is 0 Å². The van der Waals surface area contributed by atoms with Gasteiger partial charge in [-0.2, -0.15) is 0 Å². The Morgan fingerprint density at radius 1 is 1.09 bits per heavy atom. The second-order valence-electron chi connectivity index (χ2n) is 7.03. The molecule has 1 N–H and O–H groups in total. The number of carbonyl (C=O) groups is 3. The van der Waals surface area contributed by atoms with Crippen molar-refractivity contribution in [2.75, 3.05) is 26.2 Å². The molecule has 23 heavy (non-hydrogen) atoms. The number of ether oxygens (including phenoxy) is 1. The van der Waals surface area contributed by atoms with Crippen molar-refractivity contribution in [2.45, 2.75) is 57.4 Å². The van der Waals surface area contributed by atoms with Crippen LogP contribution in [0.25, 0.3) is 0 Å². The SMILES string of the molecule is O=C(CCN1C(=O)CCC1=O)OC[C@@H]1CCC[NH+]2CCCC[C@@H]12. The molecule has 3 heterocycles. The molecule has 3 aliphatic heterocycles. The quantitative estimate of drug-likeness (QED) is 0.567. The summed E-state index contributed by atoms with van der Waals surface area (Å²) in [6.07, 6.45) is 6.87. The third-order valence-electron chi connectivity index (χ3n) is 5.58. The first-order valence-corrected chi connectivity index (χ1v) is 8.98. The van der Waals surface area contributed by atoms with Crippen molar-refractivity contribution in [1.82, 2.24) is 4.90 Å². The third kappa shape index (κ3) is 3.91. The summed E-state index contributed by atoms with van der Waals surface area (Å²) in [5.41, 5.74) is 0. The highest BCUT2D eigenvalue weighted by Crippen LogP contribution is 2.21. The van der Waals surface area contributed by atoms with E-state index in [0.29, 0.717) is 18.6 Å². The van der Waals surface area contributed by atoms with Gasteiger partial charge < -0.3 is 9.64 Å². The van der Waals surface area contributed by atoms with Crippen molar-refractivity contribution < 1.29 is 24.0 Å². The predicted molar refractivity (Wildman–Crippen MR) is 82.6 cm³/mol. The highest BCUT2D eigenvalue weighted by molar-refractivity contribution is 6.02. The Bertz CT molecular complexity index is 461. The van der Waals surface area contributed by atoms with Crippen LogP contribution in [0.15, 0.2) is 0 Å². The highest BCUT2D eigenvalue weighted by atomic mass is 16.5. The van der Waals surface area contributed by atoms with Gasteiger partial charge in [-0.05, 0) is 32.1 Å². The minimum Gasteiger partial charge on any atom is -0.465 e. The average molecular weight is 323 g/mol. The van der Waals surface area contributed by atoms with Crippen molar-refractivity contribution in [3.8, 4) is 0 Å². The number of piperidine rings is 2. The van der Waals surface area contributed by atoms with Crippen LogP contribution < -0.4 is 4.90 Å². The number of fused-ring (bicyclic) bond motifs is 1. The molecule has 6 nitrogen and oxygen atoms in total. The lowest BCUT2D eigenvalue weighted by atomic mass is 9.84. The van der Waals surface area contributed by atoms with E-state index in [9.17, 15) is 14.4 Å². The molecule has 0 radical (unpaired) electrons. The second kappa shape index (κ2) is 7.43. The molecule has 3 atom stereocenters. The van der Waals surface area contributed by atoms with Crippen LogP contribution in [-0.4, -0.2) is 55.0 Å². The van der Waals surface area contributed by atoms with E-state index in [0.717, 1.165) is 6.42 Å². The molecule has 0 aromatic carbocycles. The van der Waals surface area contributed by atoms with Crippen molar-refractivity contribution >= 4 is 17.8 Å². The normalized spacial score (nSPS) is 31.1. The van der Waals surface area contributed by atoms with Crippen LogP contribution in [0.3, 0.4) is 0 Å². The van der Waals surface area contributed by atoms with Gasteiger partial charge in [-0.3, -0.25) is 19.3 Å². The van der Waals surface area contributed by atoms with Gasteiger partial charge in [0.25, 0.3) is 0 Å². The van der Waals surface area contributed by atoms with E-state index in [4.69, 9.17) is 4.74 Å². The molecule has 6 heteroatoms. The molecule has 0 bridgehead atoms. The maximum absolute atomic E-state index is 11.9. The van der Waals surface area contributed by atoms with Gasteiger partial charge in [0, 0.05) is 25.3 Å². The van der Waals surface area contributed by atoms with E-state index in [2.05, 4.69) is 0 Å². The number of hydrogen-bond acceptors (Lipinski definition) is 4. The van der Waals surface area contributed by atoms with Gasteiger partial charge in [0.1, 0.15) is 0 Å². The number of hydrogen-bond donors (Lipinski definition) is 1. The molecule has 0 saturated carbocycles. The van der Waals surface area contributed by atoms with Gasteiger partial charge in [-0.15, -0.1) is 0 Å². The summed E-state index contributed by atoms with van der Waals surface area (Å²) in [4.78, 5) is 37.8. The summed E-state index contributed by atoms with van der Waals surface area (Å²) >= 11 is 0. The Morgan fingerprint density at radius 3 is 2.61 bits per heavy atom. The molecule has 3 rings (SSSR count). The lowest BCUT2D eigenvalue weighted by Crippen LogP contribution is -3.18. The van der Waals surface area contributed by atoms with Gasteiger partial charge in [0.2, 0.25) is 11.8 Å². The Morgan fingerprint density at radius 2 is 1.83 bits per heavy atom. The minimum atomic E-state index is -0.291. The Kier molecular flexibility index (Phi) is 5.30. The first kappa shape index (κ1) is 16.4. The minimum absolute atomic E-state index is 0.117. The zero-order valence-corrected chi connectivity index (χ0v) is 13.7. The standard InChI is InChI=1S/C17H26N2O4/c20-15-6-7-16(21)19(15)11-8-17(22)23-12-13-4-3-10-18-9-2-1-5-14(13)18/h13-14H,1-12H2/p+1/t13-,14-/m0/s1. The number of esters is 1. The van der Waals surface area contributed by atoms with E-state index < -0.39 is 0 Å². The number of rotatable bonds is 5. The molecule has 0 aliphatic carbocycles. The summed E-state index contributed by atoms with van der Waals surface area (Å²) < 4.78 is 5.46. The number of imide groups is 1. The number of quaternary nitrogens is 1. The third-order valence-corrected chi connectivity index (χ3v) is 5.58. The molecule has 0 spiro atoms. The van der Waals surface area contributed by atoms with E-state index in [1.807, 2.05) is 0 Å². The zero-order chi connectivity index (χ0) is 16.2. The molecule has 3 fully saturated rings. The van der Waals surface area contributed by atoms with Crippen LogP contribution in [-0.2, 0) is 19.1 Å². The average Bonchev–Trinajstić information content (AvgIpc) is 2.89. The molecule has 3 aliphatic rings. The van der Waals surface area contributed by atoms with E-state index >= 15 is 0 Å². The summed E-state index contributed by atoms with van der Waals surface area (Å²) in [5.74, 6) is -0.161. The Labute approximate surface area is 137 Å². The van der Waals surface area contributed by atoms with Crippen molar-refractivity contribution in [1.29, 1.82) is 0 Å². The van der Waals surface area contributed by atoms with E-state index in [1.54, 1.807) is 4.90 Å². The molecule has 1 unspecified atom stereocenters. The van der Waals surface area contributed by atoms with Crippen LogP contribution in [0.4, 0.5) is 0 Å². The van der Waals surface area contributed by atoms with Crippen molar-refractivity contribution in [3.05, 3.63) is 0 Å². The fourth-order valence-electron chi connectivity index (χ4n) is 4.32. The van der Waals surface area contributed by atoms with Gasteiger partial charge >= 0.3 is 5.97 Å². The fourth-order valence-corrected chi connectivity index (χ4v) is 4.32. The summed E-state index contributed by atoms with van der Waals surface area (Å²) in [6, 6.07) is 0.645. The predicted octanol–water partition coefficient (Wildman–Crippen LogP) is -0.0839. The maximum atomic E-state index is 11.9. The van der Waals surface area contributed by atoms with E-state index in [-0.39, 0.29) is 43.6 Å². The zero-order valence-electron chi connectivity index (χ0n) is 13.7. The monoisotopic (exact) mass is 323 g/mol. The molecule has 0 aromatic rings. The number of nitrogens with one attached hydrogen (secondary N) is 1. The number of carbonyl (C=O) groups excluding carboxylic acids is 3. The highest BCUT2D eigenvalue weighted by Gasteiger charge is 2.37. The summed E-state index contributed by atoms with van der Waals surface area (Å²) in [6.45, 7) is 3.18.